The van der Waals surface area contributed by atoms with Crippen LogP contribution in [0, 0.1) is 12.7 Å². The number of halogens is 1. The van der Waals surface area contributed by atoms with E-state index < -0.39 is 20.9 Å². The maximum atomic E-state index is 13.0. The van der Waals surface area contributed by atoms with Gasteiger partial charge in [-0.2, -0.15) is 0 Å². The Morgan fingerprint density at radius 1 is 1.14 bits per heavy atom. The van der Waals surface area contributed by atoms with Crippen LogP contribution in [0.4, 0.5) is 4.39 Å². The van der Waals surface area contributed by atoms with E-state index in [1.165, 1.54) is 24.3 Å². The van der Waals surface area contributed by atoms with Crippen LogP contribution in [0.3, 0.4) is 0 Å². The van der Waals surface area contributed by atoms with Gasteiger partial charge in [-0.3, -0.25) is 0 Å². The largest absolute Gasteiger partial charge is 0.425 e. The van der Waals surface area contributed by atoms with Crippen LogP contribution in [-0.2, 0) is 9.84 Å². The molecule has 1 heterocycles. The molecule has 0 radical (unpaired) electrons. The predicted octanol–water partition coefficient (Wildman–Crippen LogP) is 3.02. The summed E-state index contributed by atoms with van der Waals surface area (Å²) >= 11 is 0. The topological polar surface area (TPSA) is 73.1 Å². The Labute approximate surface area is 128 Å². The lowest BCUT2D eigenvalue weighted by atomic mass is 9.88. The van der Waals surface area contributed by atoms with Crippen LogP contribution in [0.25, 0.3) is 0 Å². The van der Waals surface area contributed by atoms with Crippen molar-refractivity contribution >= 4 is 9.84 Å². The van der Waals surface area contributed by atoms with Crippen molar-refractivity contribution < 1.29 is 17.2 Å². The van der Waals surface area contributed by atoms with Gasteiger partial charge in [0, 0.05) is 6.92 Å². The summed E-state index contributed by atoms with van der Waals surface area (Å²) in [5.41, 5.74) is 0. The first kappa shape index (κ1) is 15.1. The predicted molar refractivity (Wildman–Crippen MR) is 77.6 cm³/mol. The summed E-state index contributed by atoms with van der Waals surface area (Å²) in [5, 5.41) is 7.20. The highest BCUT2D eigenvalue weighted by atomic mass is 32.2. The summed E-state index contributed by atoms with van der Waals surface area (Å²) in [6.07, 6.45) is 3.02. The molecule has 2 unspecified atom stereocenters. The van der Waals surface area contributed by atoms with Crippen LogP contribution in [-0.4, -0.2) is 23.9 Å². The normalized spacial score (nSPS) is 22.6. The highest BCUT2D eigenvalue weighted by molar-refractivity contribution is 7.92. The summed E-state index contributed by atoms with van der Waals surface area (Å²) in [6, 6.07) is 4.97. The quantitative estimate of drug-likeness (QED) is 0.811. The van der Waals surface area contributed by atoms with Crippen molar-refractivity contribution in [3.8, 4) is 0 Å². The van der Waals surface area contributed by atoms with Crippen LogP contribution in [0.15, 0.2) is 33.6 Å². The van der Waals surface area contributed by atoms with E-state index in [9.17, 15) is 12.8 Å². The minimum atomic E-state index is -3.56. The summed E-state index contributed by atoms with van der Waals surface area (Å²) in [7, 11) is -3.56. The molecule has 1 saturated carbocycles. The molecular formula is C15H17FN2O3S. The van der Waals surface area contributed by atoms with E-state index in [1.807, 2.05) is 0 Å². The number of hydrogen-bond donors (Lipinski definition) is 0. The Kier molecular flexibility index (Phi) is 3.99. The van der Waals surface area contributed by atoms with Gasteiger partial charge in [-0.05, 0) is 37.1 Å². The van der Waals surface area contributed by atoms with Gasteiger partial charge >= 0.3 is 0 Å². The van der Waals surface area contributed by atoms with Gasteiger partial charge in [0.2, 0.25) is 11.8 Å². The summed E-state index contributed by atoms with van der Waals surface area (Å²) < 4.78 is 44.2. The number of aryl methyl sites for hydroxylation is 1. The number of sulfone groups is 1. The second-order valence-electron chi connectivity index (χ2n) is 5.59. The number of nitrogens with zero attached hydrogens (tertiary/aromatic N) is 2. The molecule has 1 aliphatic rings. The van der Waals surface area contributed by atoms with Crippen molar-refractivity contribution in [2.75, 3.05) is 0 Å². The molecule has 0 aliphatic heterocycles. The zero-order valence-corrected chi connectivity index (χ0v) is 13.0. The molecule has 118 valence electrons. The first-order chi connectivity index (χ1) is 10.5. The summed E-state index contributed by atoms with van der Waals surface area (Å²) in [4.78, 5) is 0.141. The van der Waals surface area contributed by atoms with Gasteiger partial charge in [-0.1, -0.05) is 12.8 Å². The average molecular weight is 324 g/mol. The first-order valence-corrected chi connectivity index (χ1v) is 8.82. The minimum absolute atomic E-state index is 0.141. The molecule has 0 N–H and O–H groups in total. The number of benzene rings is 1. The highest BCUT2D eigenvalue weighted by Gasteiger charge is 2.40. The third-order valence-corrected chi connectivity index (χ3v) is 6.39. The molecule has 1 aliphatic carbocycles. The smallest absolute Gasteiger partial charge is 0.220 e. The second-order valence-corrected chi connectivity index (χ2v) is 7.75. The molecule has 22 heavy (non-hydrogen) atoms. The number of rotatable bonds is 3. The fraction of sp³-hybridized carbons (Fsp3) is 0.467. The molecule has 1 fully saturated rings. The van der Waals surface area contributed by atoms with Gasteiger partial charge < -0.3 is 4.42 Å². The van der Waals surface area contributed by atoms with Crippen molar-refractivity contribution in [2.45, 2.75) is 48.7 Å². The van der Waals surface area contributed by atoms with Crippen molar-refractivity contribution in [3.63, 3.8) is 0 Å². The molecule has 2 aromatic rings. The maximum absolute atomic E-state index is 13.0. The molecule has 0 spiro atoms. The van der Waals surface area contributed by atoms with Gasteiger partial charge in [0.1, 0.15) is 5.82 Å². The number of hydrogen-bond acceptors (Lipinski definition) is 5. The Morgan fingerprint density at radius 2 is 1.82 bits per heavy atom. The molecule has 1 aromatic carbocycles. The van der Waals surface area contributed by atoms with Gasteiger partial charge in [-0.15, -0.1) is 10.2 Å². The third kappa shape index (κ3) is 2.77. The average Bonchev–Trinajstić information content (AvgIpc) is 2.94. The van der Waals surface area contributed by atoms with Crippen LogP contribution >= 0.6 is 0 Å². The molecule has 1 aromatic heterocycles. The van der Waals surface area contributed by atoms with Crippen LogP contribution < -0.4 is 0 Å². The zero-order chi connectivity index (χ0) is 15.7. The molecule has 0 amide bonds. The Morgan fingerprint density at radius 3 is 2.45 bits per heavy atom. The SMILES string of the molecule is Cc1nnc(C2CCCCC2S(=O)(=O)c2ccc(F)cc2)o1. The van der Waals surface area contributed by atoms with E-state index in [0.717, 1.165) is 12.8 Å². The summed E-state index contributed by atoms with van der Waals surface area (Å²) in [6.45, 7) is 1.68. The first-order valence-electron chi connectivity index (χ1n) is 7.28. The lowest BCUT2D eigenvalue weighted by molar-refractivity contribution is 0.354. The zero-order valence-electron chi connectivity index (χ0n) is 12.2. The van der Waals surface area contributed by atoms with Gasteiger partial charge in [-0.25, -0.2) is 12.8 Å². The van der Waals surface area contributed by atoms with E-state index in [0.29, 0.717) is 24.6 Å². The molecular weight excluding hydrogens is 307 g/mol. The fourth-order valence-electron chi connectivity index (χ4n) is 3.01. The van der Waals surface area contributed by atoms with Crippen LogP contribution in [0.1, 0.15) is 43.4 Å². The van der Waals surface area contributed by atoms with Crippen LogP contribution in [0.2, 0.25) is 0 Å². The molecule has 2 atom stereocenters. The van der Waals surface area contributed by atoms with E-state index in [-0.39, 0.29) is 10.8 Å². The van der Waals surface area contributed by atoms with Crippen molar-refractivity contribution in [1.29, 1.82) is 0 Å². The van der Waals surface area contributed by atoms with E-state index >= 15 is 0 Å². The highest BCUT2D eigenvalue weighted by Crippen LogP contribution is 2.38. The molecule has 0 saturated heterocycles. The third-order valence-electron chi connectivity index (χ3n) is 4.10. The fourth-order valence-corrected chi connectivity index (χ4v) is 5.04. The molecule has 7 heteroatoms. The van der Waals surface area contributed by atoms with Crippen molar-refractivity contribution in [1.82, 2.24) is 10.2 Å². The van der Waals surface area contributed by atoms with Gasteiger partial charge in [0.05, 0.1) is 16.1 Å². The maximum Gasteiger partial charge on any atom is 0.220 e. The Hall–Kier alpha value is -1.76. The van der Waals surface area contributed by atoms with Gasteiger partial charge in [0.25, 0.3) is 0 Å². The lowest BCUT2D eigenvalue weighted by Gasteiger charge is -2.28. The van der Waals surface area contributed by atoms with Crippen LogP contribution in [0.5, 0.6) is 0 Å². The van der Waals surface area contributed by atoms with Gasteiger partial charge in [0.15, 0.2) is 9.84 Å². The Balaban J connectivity index is 1.97. The standard InChI is InChI=1S/C15H17FN2O3S/c1-10-17-18-15(21-10)13-4-2-3-5-14(13)22(19,20)12-8-6-11(16)7-9-12/h6-9,13-14H,2-5H2,1H3. The second kappa shape index (κ2) is 5.79. The van der Waals surface area contributed by atoms with E-state index in [4.69, 9.17) is 4.42 Å². The number of aromatic nitrogens is 2. The van der Waals surface area contributed by atoms with Crippen molar-refractivity contribution in [3.05, 3.63) is 41.9 Å². The molecule has 0 bridgehead atoms. The molecule has 5 nitrogen and oxygen atoms in total. The van der Waals surface area contributed by atoms with E-state index in [2.05, 4.69) is 10.2 Å². The minimum Gasteiger partial charge on any atom is -0.425 e. The Bertz CT molecular complexity index is 755. The monoisotopic (exact) mass is 324 g/mol. The molecule has 3 rings (SSSR count). The summed E-state index contributed by atoms with van der Waals surface area (Å²) in [5.74, 6) is 0.0584. The lowest BCUT2D eigenvalue weighted by Crippen LogP contribution is -2.31. The van der Waals surface area contributed by atoms with E-state index in [1.54, 1.807) is 6.92 Å². The van der Waals surface area contributed by atoms with Crippen molar-refractivity contribution in [2.24, 2.45) is 0 Å².